The van der Waals surface area contributed by atoms with Gasteiger partial charge in [-0.1, -0.05) is 0 Å². The van der Waals surface area contributed by atoms with Gasteiger partial charge < -0.3 is 9.80 Å². The maximum Gasteiger partial charge on any atom is 0.265 e. The first-order valence-electron chi connectivity index (χ1n) is 7.27. The standard InChI is InChI=1S/C15H21N3O3S/c1-11-10-14(4-7-16-11)18-8-5-13(6-9-18)17(3)15(19)12(2)22(20)21/h4,7,10,13H,5-6,8-9H2,1-3H3. The van der Waals surface area contributed by atoms with Gasteiger partial charge in [0.1, 0.15) is 4.86 Å². The van der Waals surface area contributed by atoms with Crippen molar-refractivity contribution in [2.24, 2.45) is 0 Å². The summed E-state index contributed by atoms with van der Waals surface area (Å²) in [6.07, 6.45) is 3.44. The summed E-state index contributed by atoms with van der Waals surface area (Å²) in [5.74, 6) is -0.411. The summed E-state index contributed by atoms with van der Waals surface area (Å²) in [7, 11) is -0.770. The molecule has 0 atom stereocenters. The molecule has 1 aromatic rings. The number of carbonyl (C=O) groups excluding carboxylic acids is 1. The van der Waals surface area contributed by atoms with E-state index in [0.29, 0.717) is 0 Å². The summed E-state index contributed by atoms with van der Waals surface area (Å²) < 4.78 is 21.8. The van der Waals surface area contributed by atoms with Crippen LogP contribution in [0.1, 0.15) is 25.5 Å². The Hall–Kier alpha value is -1.89. The van der Waals surface area contributed by atoms with E-state index >= 15 is 0 Å². The Morgan fingerprint density at radius 1 is 1.36 bits per heavy atom. The van der Waals surface area contributed by atoms with E-state index in [0.717, 1.165) is 37.3 Å². The van der Waals surface area contributed by atoms with Crippen molar-refractivity contribution < 1.29 is 13.2 Å². The van der Waals surface area contributed by atoms with Crippen LogP contribution in [-0.2, 0) is 15.1 Å². The molecule has 0 aliphatic carbocycles. The molecule has 1 saturated heterocycles. The first kappa shape index (κ1) is 16.5. The Labute approximate surface area is 132 Å². The van der Waals surface area contributed by atoms with Gasteiger partial charge in [-0.3, -0.25) is 9.78 Å². The van der Waals surface area contributed by atoms with Crippen molar-refractivity contribution in [2.75, 3.05) is 25.0 Å². The fourth-order valence-corrected chi connectivity index (χ4v) is 3.01. The van der Waals surface area contributed by atoms with Crippen molar-refractivity contribution in [3.8, 4) is 0 Å². The number of anilines is 1. The smallest absolute Gasteiger partial charge is 0.265 e. The van der Waals surface area contributed by atoms with E-state index in [2.05, 4.69) is 9.88 Å². The van der Waals surface area contributed by atoms with Gasteiger partial charge >= 0.3 is 0 Å². The molecule has 120 valence electrons. The number of aromatic nitrogens is 1. The Bertz CT molecular complexity index is 684. The molecule has 0 spiro atoms. The minimum Gasteiger partial charge on any atom is -0.371 e. The van der Waals surface area contributed by atoms with Crippen LogP contribution in [0.25, 0.3) is 0 Å². The number of pyridine rings is 1. The molecule has 0 unspecified atom stereocenters. The van der Waals surface area contributed by atoms with Crippen LogP contribution in [0.4, 0.5) is 5.69 Å². The fraction of sp³-hybridized carbons (Fsp3) is 0.533. The van der Waals surface area contributed by atoms with E-state index in [1.807, 2.05) is 19.1 Å². The molecule has 0 bridgehead atoms. The molecule has 1 aliphatic rings. The molecule has 2 heterocycles. The fourth-order valence-electron chi connectivity index (χ4n) is 2.72. The molecule has 1 fully saturated rings. The van der Waals surface area contributed by atoms with Crippen molar-refractivity contribution >= 4 is 26.8 Å². The number of hydrogen-bond donors (Lipinski definition) is 0. The van der Waals surface area contributed by atoms with Crippen LogP contribution >= 0.6 is 0 Å². The van der Waals surface area contributed by atoms with Gasteiger partial charge in [0.2, 0.25) is 10.3 Å². The number of rotatable bonds is 3. The lowest BCUT2D eigenvalue weighted by atomic mass is 10.0. The van der Waals surface area contributed by atoms with E-state index in [9.17, 15) is 13.2 Å². The summed E-state index contributed by atoms with van der Waals surface area (Å²) in [6, 6.07) is 4.11. The molecule has 7 heteroatoms. The topological polar surface area (TPSA) is 70.6 Å². The first-order valence-corrected chi connectivity index (χ1v) is 8.35. The molecular weight excluding hydrogens is 302 g/mol. The number of nitrogens with zero attached hydrogens (tertiary/aromatic N) is 3. The van der Waals surface area contributed by atoms with Gasteiger partial charge in [0.15, 0.2) is 0 Å². The second kappa shape index (κ2) is 6.91. The van der Waals surface area contributed by atoms with Gasteiger partial charge in [-0.25, -0.2) is 0 Å². The lowest BCUT2D eigenvalue weighted by molar-refractivity contribution is -0.125. The lowest BCUT2D eigenvalue weighted by Crippen LogP contribution is -2.47. The Morgan fingerprint density at radius 3 is 2.55 bits per heavy atom. The third-order valence-corrected chi connectivity index (χ3v) is 4.80. The first-order chi connectivity index (χ1) is 10.4. The Kier molecular flexibility index (Phi) is 5.18. The van der Waals surface area contributed by atoms with Crippen molar-refractivity contribution in [3.05, 3.63) is 24.0 Å². The zero-order valence-electron chi connectivity index (χ0n) is 13.1. The number of carbonyl (C=O) groups is 1. The zero-order chi connectivity index (χ0) is 16.3. The minimum atomic E-state index is -2.45. The van der Waals surface area contributed by atoms with Gasteiger partial charge in [0, 0.05) is 43.8 Å². The molecule has 1 amide bonds. The average molecular weight is 323 g/mol. The summed E-state index contributed by atoms with van der Waals surface area (Å²) >= 11 is 0. The van der Waals surface area contributed by atoms with Crippen LogP contribution in [0.3, 0.4) is 0 Å². The van der Waals surface area contributed by atoms with Gasteiger partial charge in [0.05, 0.1) is 0 Å². The van der Waals surface area contributed by atoms with Gasteiger partial charge in [0.25, 0.3) is 5.91 Å². The highest BCUT2D eigenvalue weighted by Gasteiger charge is 2.26. The summed E-state index contributed by atoms with van der Waals surface area (Å²) in [5, 5.41) is 0. The molecule has 0 aromatic carbocycles. The van der Waals surface area contributed by atoms with E-state index in [1.165, 1.54) is 6.92 Å². The normalized spacial score (nSPS) is 15.5. The second-order valence-corrected chi connectivity index (χ2v) is 6.66. The van der Waals surface area contributed by atoms with Gasteiger partial charge in [-0.15, -0.1) is 0 Å². The molecule has 2 rings (SSSR count). The minimum absolute atomic E-state index is 0.0742. The van der Waals surface area contributed by atoms with E-state index in [-0.39, 0.29) is 10.9 Å². The highest BCUT2D eigenvalue weighted by Crippen LogP contribution is 2.22. The maximum absolute atomic E-state index is 12.1. The molecule has 1 aromatic heterocycles. The predicted octanol–water partition coefficient (Wildman–Crippen LogP) is 0.889. The summed E-state index contributed by atoms with van der Waals surface area (Å²) in [6.45, 7) is 4.98. The van der Waals surface area contributed by atoms with Gasteiger partial charge in [-0.05, 0) is 38.8 Å². The largest absolute Gasteiger partial charge is 0.371 e. The van der Waals surface area contributed by atoms with E-state index in [4.69, 9.17) is 0 Å². The van der Waals surface area contributed by atoms with Crippen molar-refractivity contribution in [3.63, 3.8) is 0 Å². The lowest BCUT2D eigenvalue weighted by Gasteiger charge is -2.37. The second-order valence-electron chi connectivity index (χ2n) is 5.58. The zero-order valence-corrected chi connectivity index (χ0v) is 13.9. The van der Waals surface area contributed by atoms with Gasteiger partial charge in [-0.2, -0.15) is 8.42 Å². The molecule has 0 N–H and O–H groups in total. The van der Waals surface area contributed by atoms with Crippen LogP contribution < -0.4 is 4.90 Å². The molecule has 6 nitrogen and oxygen atoms in total. The van der Waals surface area contributed by atoms with Crippen LogP contribution in [0.15, 0.2) is 18.3 Å². The molecule has 22 heavy (non-hydrogen) atoms. The number of piperidine rings is 1. The predicted molar refractivity (Wildman–Crippen MR) is 86.6 cm³/mol. The van der Waals surface area contributed by atoms with Crippen molar-refractivity contribution in [1.29, 1.82) is 0 Å². The van der Waals surface area contributed by atoms with Crippen molar-refractivity contribution in [1.82, 2.24) is 9.88 Å². The SMILES string of the molecule is CC(C(=O)N(C)C1CCN(c2ccnc(C)c2)CC1)=S(=O)=O. The maximum atomic E-state index is 12.1. The summed E-state index contributed by atoms with van der Waals surface area (Å²) in [5.41, 5.74) is 2.12. The summed E-state index contributed by atoms with van der Waals surface area (Å²) in [4.78, 5) is 19.9. The molecule has 0 saturated carbocycles. The number of hydrogen-bond acceptors (Lipinski definition) is 5. The highest BCUT2D eigenvalue weighted by atomic mass is 32.2. The Balaban J connectivity index is 2.00. The monoisotopic (exact) mass is 323 g/mol. The number of amides is 1. The van der Waals surface area contributed by atoms with E-state index in [1.54, 1.807) is 18.1 Å². The Morgan fingerprint density at radius 2 is 2.00 bits per heavy atom. The molecular formula is C15H21N3O3S. The quantitative estimate of drug-likeness (QED) is 0.773. The van der Waals surface area contributed by atoms with Crippen LogP contribution in [0, 0.1) is 6.92 Å². The van der Waals surface area contributed by atoms with Crippen LogP contribution in [0.5, 0.6) is 0 Å². The van der Waals surface area contributed by atoms with Crippen LogP contribution in [0.2, 0.25) is 0 Å². The van der Waals surface area contributed by atoms with Crippen molar-refractivity contribution in [2.45, 2.75) is 32.7 Å². The number of aryl methyl sites for hydroxylation is 1. The third kappa shape index (κ3) is 3.65. The van der Waals surface area contributed by atoms with Crippen LogP contribution in [-0.4, -0.2) is 55.3 Å². The van der Waals surface area contributed by atoms with E-state index < -0.39 is 16.2 Å². The molecule has 0 radical (unpaired) electrons. The third-order valence-electron chi connectivity index (χ3n) is 4.13. The highest BCUT2D eigenvalue weighted by molar-refractivity contribution is 7.74. The average Bonchev–Trinajstić information content (AvgIpc) is 2.52. The molecule has 1 aliphatic heterocycles.